The molecule has 0 bridgehead atoms. The first-order chi connectivity index (χ1) is 26.1. The molecule has 0 saturated carbocycles. The number of rotatable bonds is 22. The van der Waals surface area contributed by atoms with Gasteiger partial charge in [-0.25, -0.2) is 0 Å². The van der Waals surface area contributed by atoms with Gasteiger partial charge in [-0.1, -0.05) is 116 Å². The van der Waals surface area contributed by atoms with Crippen LogP contribution in [0.4, 0.5) is 0 Å². The van der Waals surface area contributed by atoms with E-state index >= 15 is 0 Å². The molecule has 11 nitrogen and oxygen atoms in total. The van der Waals surface area contributed by atoms with Crippen LogP contribution in [0.1, 0.15) is 56.1 Å². The first kappa shape index (κ1) is 41.0. The Balaban J connectivity index is 1.46. The number of ketones is 2. The van der Waals surface area contributed by atoms with E-state index in [1.165, 1.54) is 0 Å². The molecular formula is C43H54N8O3. The molecule has 4 rings (SSSR count). The standard InChI is InChI=1S/C43H54N8O3/c44-37(27-30-17-21-34(22-18-30)32-11-4-1-5-12-32)40(53)29-36(15-10-26-50-43(47)48)41(54)51-38(39(52)16-8-3-9-25-49-42(45)46)28-31-19-23-35(24-20-31)33-13-6-2-7-14-33/h1-2,4-7,11-14,17-24,36-38H,3,8-10,15-16,25-29,44H2,(H,51,54)(H4,45,46,49)(H4,47,48,50)/t36-,37+,38-/m1/s1. The summed E-state index contributed by atoms with van der Waals surface area (Å²) < 4.78 is 0. The average Bonchev–Trinajstić information content (AvgIpc) is 3.18. The van der Waals surface area contributed by atoms with Gasteiger partial charge in [-0.05, 0) is 71.9 Å². The second-order valence-electron chi connectivity index (χ2n) is 13.6. The molecule has 11 heteroatoms. The SMILES string of the molecule is NC(N)=NCCCCCC(=O)[C@@H](Cc1ccc(-c2ccccc2)cc1)NC(=O)[C@H](CCCN=C(N)N)CC(=O)[C@@H](N)Cc1ccc(-c2ccccc2)cc1. The van der Waals surface area contributed by atoms with Crippen LogP contribution in [0.2, 0.25) is 0 Å². The van der Waals surface area contributed by atoms with Crippen LogP contribution in [0, 0.1) is 5.92 Å². The predicted octanol–water partition coefficient (Wildman–Crippen LogP) is 4.65. The third kappa shape index (κ3) is 14.0. The van der Waals surface area contributed by atoms with Gasteiger partial charge in [0.1, 0.15) is 0 Å². The van der Waals surface area contributed by atoms with Gasteiger partial charge in [0.15, 0.2) is 23.5 Å². The van der Waals surface area contributed by atoms with Gasteiger partial charge in [0.25, 0.3) is 0 Å². The summed E-state index contributed by atoms with van der Waals surface area (Å²) in [5.41, 5.74) is 34.5. The summed E-state index contributed by atoms with van der Waals surface area (Å²) in [6, 6.07) is 34.4. The highest BCUT2D eigenvalue weighted by atomic mass is 16.2. The molecule has 0 fully saturated rings. The number of carbonyl (C=O) groups excluding carboxylic acids is 3. The van der Waals surface area contributed by atoms with Crippen molar-refractivity contribution in [3.63, 3.8) is 0 Å². The second kappa shape index (κ2) is 21.7. The summed E-state index contributed by atoms with van der Waals surface area (Å²) in [5.74, 6) is -1.43. The molecule has 0 aliphatic heterocycles. The molecule has 3 atom stereocenters. The lowest BCUT2D eigenvalue weighted by atomic mass is 9.90. The molecule has 1 amide bonds. The molecule has 0 aliphatic carbocycles. The van der Waals surface area contributed by atoms with Gasteiger partial charge in [0.2, 0.25) is 5.91 Å². The fourth-order valence-corrected chi connectivity index (χ4v) is 6.30. The van der Waals surface area contributed by atoms with Gasteiger partial charge in [-0.15, -0.1) is 0 Å². The van der Waals surface area contributed by atoms with E-state index in [-0.39, 0.29) is 42.2 Å². The minimum absolute atomic E-state index is 0.0388. The monoisotopic (exact) mass is 730 g/mol. The Labute approximate surface area is 318 Å². The average molecular weight is 731 g/mol. The Kier molecular flexibility index (Phi) is 16.4. The number of hydrogen-bond acceptors (Lipinski definition) is 6. The van der Waals surface area contributed by atoms with Crippen molar-refractivity contribution in [1.82, 2.24) is 5.32 Å². The van der Waals surface area contributed by atoms with Crippen molar-refractivity contribution in [2.45, 2.75) is 69.9 Å². The van der Waals surface area contributed by atoms with Gasteiger partial charge < -0.3 is 34.0 Å². The number of carbonyl (C=O) groups is 3. The molecule has 4 aromatic rings. The van der Waals surface area contributed by atoms with Gasteiger partial charge in [0.05, 0.1) is 12.1 Å². The number of Topliss-reactive ketones (excluding diaryl/α,β-unsaturated/α-hetero) is 2. The molecule has 0 heterocycles. The van der Waals surface area contributed by atoms with Gasteiger partial charge >= 0.3 is 0 Å². The molecule has 284 valence electrons. The summed E-state index contributed by atoms with van der Waals surface area (Å²) in [6.07, 6.45) is 3.76. The Hall–Kier alpha value is -5.81. The summed E-state index contributed by atoms with van der Waals surface area (Å²) in [7, 11) is 0. The topological polar surface area (TPSA) is 218 Å². The van der Waals surface area contributed by atoms with Crippen LogP contribution in [0.15, 0.2) is 119 Å². The Morgan fingerprint density at radius 2 is 1.04 bits per heavy atom. The molecule has 0 aliphatic rings. The minimum atomic E-state index is -0.805. The predicted molar refractivity (Wildman–Crippen MR) is 218 cm³/mol. The molecule has 0 spiro atoms. The molecule has 0 aromatic heterocycles. The van der Waals surface area contributed by atoms with Crippen LogP contribution in [0.5, 0.6) is 0 Å². The highest BCUT2D eigenvalue weighted by Gasteiger charge is 2.29. The van der Waals surface area contributed by atoms with Crippen LogP contribution in [-0.4, -0.2) is 54.6 Å². The van der Waals surface area contributed by atoms with E-state index in [0.29, 0.717) is 45.2 Å². The van der Waals surface area contributed by atoms with Crippen LogP contribution in [-0.2, 0) is 27.2 Å². The number of nitrogens with one attached hydrogen (secondary N) is 1. The summed E-state index contributed by atoms with van der Waals surface area (Å²) >= 11 is 0. The maximum absolute atomic E-state index is 14.0. The highest BCUT2D eigenvalue weighted by Crippen LogP contribution is 2.22. The van der Waals surface area contributed by atoms with E-state index in [1.807, 2.05) is 109 Å². The molecule has 4 aromatic carbocycles. The molecule has 0 radical (unpaired) electrons. The zero-order valence-electron chi connectivity index (χ0n) is 30.9. The molecule has 11 N–H and O–H groups in total. The number of unbranched alkanes of at least 4 members (excludes halogenated alkanes) is 2. The number of amides is 1. The normalized spacial score (nSPS) is 12.5. The van der Waals surface area contributed by atoms with Crippen LogP contribution >= 0.6 is 0 Å². The van der Waals surface area contributed by atoms with E-state index in [0.717, 1.165) is 46.2 Å². The van der Waals surface area contributed by atoms with Crippen molar-refractivity contribution in [3.05, 3.63) is 120 Å². The Morgan fingerprint density at radius 3 is 1.56 bits per heavy atom. The van der Waals surface area contributed by atoms with Gasteiger partial charge in [0, 0.05) is 31.8 Å². The lowest BCUT2D eigenvalue weighted by Gasteiger charge is -2.23. The molecule has 54 heavy (non-hydrogen) atoms. The van der Waals surface area contributed by atoms with Crippen LogP contribution in [0.3, 0.4) is 0 Å². The van der Waals surface area contributed by atoms with Crippen molar-refractivity contribution in [1.29, 1.82) is 0 Å². The number of aliphatic imine (C=N–C) groups is 2. The zero-order chi connectivity index (χ0) is 38.7. The number of benzene rings is 4. The first-order valence-corrected chi connectivity index (χ1v) is 18.6. The van der Waals surface area contributed by atoms with Crippen LogP contribution in [0.25, 0.3) is 22.3 Å². The van der Waals surface area contributed by atoms with Gasteiger partial charge in [-0.2, -0.15) is 0 Å². The van der Waals surface area contributed by atoms with E-state index < -0.39 is 18.0 Å². The lowest BCUT2D eigenvalue weighted by molar-refractivity contribution is -0.133. The maximum Gasteiger partial charge on any atom is 0.224 e. The van der Waals surface area contributed by atoms with Crippen molar-refractivity contribution in [2.24, 2.45) is 44.6 Å². The fourth-order valence-electron chi connectivity index (χ4n) is 6.30. The number of nitrogens with two attached hydrogens (primary N) is 5. The third-order valence-corrected chi connectivity index (χ3v) is 9.34. The summed E-state index contributed by atoms with van der Waals surface area (Å²) in [4.78, 5) is 49.3. The van der Waals surface area contributed by atoms with Gasteiger partial charge in [-0.3, -0.25) is 24.4 Å². The minimum Gasteiger partial charge on any atom is -0.370 e. The molecule has 0 unspecified atom stereocenters. The fraction of sp³-hybridized carbons (Fsp3) is 0.326. The second-order valence-corrected chi connectivity index (χ2v) is 13.6. The number of nitrogens with zero attached hydrogens (tertiary/aromatic N) is 2. The zero-order valence-corrected chi connectivity index (χ0v) is 30.9. The van der Waals surface area contributed by atoms with E-state index in [9.17, 15) is 14.4 Å². The van der Waals surface area contributed by atoms with E-state index in [1.54, 1.807) is 0 Å². The first-order valence-electron chi connectivity index (χ1n) is 18.6. The highest BCUT2D eigenvalue weighted by molar-refractivity contribution is 5.93. The third-order valence-electron chi connectivity index (χ3n) is 9.34. The quantitative estimate of drug-likeness (QED) is 0.0379. The Bertz CT molecular complexity index is 1820. The van der Waals surface area contributed by atoms with Crippen molar-refractivity contribution >= 4 is 29.4 Å². The maximum atomic E-state index is 14.0. The van der Waals surface area contributed by atoms with E-state index in [4.69, 9.17) is 28.7 Å². The summed E-state index contributed by atoms with van der Waals surface area (Å²) in [5, 5.41) is 3.02. The molecular weight excluding hydrogens is 677 g/mol. The van der Waals surface area contributed by atoms with Crippen molar-refractivity contribution in [3.8, 4) is 22.3 Å². The lowest BCUT2D eigenvalue weighted by Crippen LogP contribution is -2.46. The smallest absolute Gasteiger partial charge is 0.224 e. The number of guanidine groups is 2. The van der Waals surface area contributed by atoms with E-state index in [2.05, 4.69) is 15.3 Å². The Morgan fingerprint density at radius 1 is 0.556 bits per heavy atom. The largest absolute Gasteiger partial charge is 0.370 e. The van der Waals surface area contributed by atoms with Crippen molar-refractivity contribution < 1.29 is 14.4 Å². The molecule has 0 saturated heterocycles. The summed E-state index contributed by atoms with van der Waals surface area (Å²) in [6.45, 7) is 0.789. The van der Waals surface area contributed by atoms with Crippen LogP contribution < -0.4 is 34.0 Å². The number of hydrogen-bond donors (Lipinski definition) is 6. The van der Waals surface area contributed by atoms with Crippen molar-refractivity contribution in [2.75, 3.05) is 13.1 Å².